The van der Waals surface area contributed by atoms with Gasteiger partial charge in [-0.1, -0.05) is 23.7 Å². The van der Waals surface area contributed by atoms with Gasteiger partial charge in [0.15, 0.2) is 0 Å². The second-order valence-corrected chi connectivity index (χ2v) is 3.91. The van der Waals surface area contributed by atoms with Crippen molar-refractivity contribution < 1.29 is 9.50 Å². The van der Waals surface area contributed by atoms with Gasteiger partial charge in [-0.15, -0.1) is 0 Å². The monoisotopic (exact) mass is 231 g/mol. The molecule has 0 aliphatic carbocycles. The lowest BCUT2D eigenvalue weighted by molar-refractivity contribution is 0.268. The summed E-state index contributed by atoms with van der Waals surface area (Å²) in [7, 11) is 0. The van der Waals surface area contributed by atoms with E-state index in [1.807, 2.05) is 6.92 Å². The molecule has 2 N–H and O–H groups in total. The highest BCUT2D eigenvalue weighted by Crippen LogP contribution is 2.17. The number of hydrogen-bond acceptors (Lipinski definition) is 2. The Morgan fingerprint density at radius 3 is 2.93 bits per heavy atom. The Balaban J connectivity index is 2.54. The van der Waals surface area contributed by atoms with E-state index in [9.17, 15) is 4.39 Å². The molecule has 2 nitrogen and oxygen atoms in total. The first-order valence-electron chi connectivity index (χ1n) is 4.92. The summed E-state index contributed by atoms with van der Waals surface area (Å²) in [6.07, 6.45) is 0.655. The number of halogens is 2. The van der Waals surface area contributed by atoms with E-state index in [0.29, 0.717) is 18.5 Å². The number of aliphatic hydroxyl groups excluding tert-OH is 1. The molecule has 0 saturated carbocycles. The summed E-state index contributed by atoms with van der Waals surface area (Å²) in [4.78, 5) is 0. The van der Waals surface area contributed by atoms with Crippen LogP contribution in [0.15, 0.2) is 18.2 Å². The van der Waals surface area contributed by atoms with Crippen LogP contribution in [0, 0.1) is 5.82 Å². The van der Waals surface area contributed by atoms with Crippen LogP contribution in [0.5, 0.6) is 0 Å². The van der Waals surface area contributed by atoms with Crippen LogP contribution in [0.25, 0.3) is 0 Å². The molecule has 1 unspecified atom stereocenters. The molecule has 0 bridgehead atoms. The zero-order valence-electron chi connectivity index (χ0n) is 8.63. The predicted molar refractivity (Wildman–Crippen MR) is 59.4 cm³/mol. The highest BCUT2D eigenvalue weighted by molar-refractivity contribution is 6.30. The Morgan fingerprint density at radius 1 is 1.53 bits per heavy atom. The predicted octanol–water partition coefficient (Wildman–Crippen LogP) is 2.34. The maximum Gasteiger partial charge on any atom is 0.146 e. The molecule has 0 radical (unpaired) electrons. The average molecular weight is 232 g/mol. The molecular formula is C11H15ClFNO. The summed E-state index contributed by atoms with van der Waals surface area (Å²) < 4.78 is 13.4. The van der Waals surface area contributed by atoms with Gasteiger partial charge in [-0.2, -0.15) is 0 Å². The quantitative estimate of drug-likeness (QED) is 0.815. The molecule has 15 heavy (non-hydrogen) atoms. The lowest BCUT2D eigenvalue weighted by Gasteiger charge is -2.12. The summed E-state index contributed by atoms with van der Waals surface area (Å²) in [5, 5.41) is 11.9. The minimum absolute atomic E-state index is 0.131. The van der Waals surface area contributed by atoms with Crippen LogP contribution < -0.4 is 5.32 Å². The van der Waals surface area contributed by atoms with E-state index < -0.39 is 0 Å². The number of benzene rings is 1. The largest absolute Gasteiger partial charge is 0.396 e. The van der Waals surface area contributed by atoms with Crippen molar-refractivity contribution in [2.45, 2.75) is 25.9 Å². The molecular weight excluding hydrogens is 217 g/mol. The van der Waals surface area contributed by atoms with Gasteiger partial charge in [0.1, 0.15) is 5.82 Å². The minimum Gasteiger partial charge on any atom is -0.396 e. The van der Waals surface area contributed by atoms with Crippen LogP contribution in [0.2, 0.25) is 5.02 Å². The molecule has 0 aromatic heterocycles. The van der Waals surface area contributed by atoms with Gasteiger partial charge in [0.25, 0.3) is 0 Å². The fourth-order valence-corrected chi connectivity index (χ4v) is 1.46. The van der Waals surface area contributed by atoms with Crippen LogP contribution in [0.1, 0.15) is 18.9 Å². The normalized spacial score (nSPS) is 12.8. The molecule has 0 amide bonds. The van der Waals surface area contributed by atoms with Crippen molar-refractivity contribution in [1.82, 2.24) is 5.32 Å². The molecule has 0 heterocycles. The molecule has 1 atom stereocenters. The van der Waals surface area contributed by atoms with E-state index in [-0.39, 0.29) is 23.5 Å². The molecule has 4 heteroatoms. The van der Waals surface area contributed by atoms with E-state index in [1.165, 1.54) is 6.07 Å². The number of hydrogen-bond donors (Lipinski definition) is 2. The topological polar surface area (TPSA) is 32.3 Å². The first kappa shape index (κ1) is 12.4. The van der Waals surface area contributed by atoms with Crippen LogP contribution in [-0.2, 0) is 6.54 Å². The molecule has 0 fully saturated rings. The van der Waals surface area contributed by atoms with Crippen molar-refractivity contribution in [3.05, 3.63) is 34.6 Å². The Bertz CT molecular complexity index is 319. The SMILES string of the molecule is CC(CCO)NCc1cccc(Cl)c1F. The van der Waals surface area contributed by atoms with Crippen molar-refractivity contribution in [2.75, 3.05) is 6.61 Å². The van der Waals surface area contributed by atoms with Gasteiger partial charge in [0.2, 0.25) is 0 Å². The summed E-state index contributed by atoms with van der Waals surface area (Å²) in [5.74, 6) is -0.372. The Morgan fingerprint density at radius 2 is 2.27 bits per heavy atom. The maximum absolute atomic E-state index is 13.4. The van der Waals surface area contributed by atoms with Crippen molar-refractivity contribution >= 4 is 11.6 Å². The summed E-state index contributed by atoms with van der Waals surface area (Å²) in [5.41, 5.74) is 0.548. The zero-order valence-corrected chi connectivity index (χ0v) is 9.39. The molecule has 0 spiro atoms. The molecule has 84 valence electrons. The fourth-order valence-electron chi connectivity index (χ4n) is 1.26. The molecule has 0 saturated heterocycles. The Hall–Kier alpha value is -0.640. The smallest absolute Gasteiger partial charge is 0.146 e. The van der Waals surface area contributed by atoms with Crippen LogP contribution in [0.4, 0.5) is 4.39 Å². The van der Waals surface area contributed by atoms with Crippen molar-refractivity contribution in [3.63, 3.8) is 0 Å². The van der Waals surface area contributed by atoms with Gasteiger partial charge < -0.3 is 10.4 Å². The van der Waals surface area contributed by atoms with Crippen molar-refractivity contribution in [3.8, 4) is 0 Å². The third kappa shape index (κ3) is 3.78. The second kappa shape index (κ2) is 6.05. The van der Waals surface area contributed by atoms with E-state index in [1.54, 1.807) is 12.1 Å². The van der Waals surface area contributed by atoms with Gasteiger partial charge in [0, 0.05) is 24.8 Å². The van der Waals surface area contributed by atoms with E-state index in [0.717, 1.165) is 0 Å². The number of aliphatic hydroxyl groups is 1. The van der Waals surface area contributed by atoms with Gasteiger partial charge >= 0.3 is 0 Å². The summed E-state index contributed by atoms with van der Waals surface area (Å²) in [6.45, 7) is 2.50. The second-order valence-electron chi connectivity index (χ2n) is 3.51. The molecule has 1 rings (SSSR count). The number of nitrogens with one attached hydrogen (secondary N) is 1. The average Bonchev–Trinajstić information content (AvgIpc) is 2.21. The third-order valence-corrected chi connectivity index (χ3v) is 2.53. The highest BCUT2D eigenvalue weighted by Gasteiger charge is 2.07. The van der Waals surface area contributed by atoms with Gasteiger partial charge in [-0.05, 0) is 19.4 Å². The van der Waals surface area contributed by atoms with Gasteiger partial charge in [-0.25, -0.2) is 4.39 Å². The zero-order chi connectivity index (χ0) is 11.3. The molecule has 1 aromatic carbocycles. The van der Waals surface area contributed by atoms with Crippen molar-refractivity contribution in [2.24, 2.45) is 0 Å². The standard InChI is InChI=1S/C11H15ClFNO/c1-8(5-6-15)14-7-9-3-2-4-10(12)11(9)13/h2-4,8,14-15H,5-7H2,1H3. The van der Waals surface area contributed by atoms with Crippen molar-refractivity contribution in [1.29, 1.82) is 0 Å². The molecule has 0 aliphatic heterocycles. The van der Waals surface area contributed by atoms with Crippen LogP contribution in [-0.4, -0.2) is 17.8 Å². The summed E-state index contributed by atoms with van der Waals surface area (Å²) >= 11 is 5.65. The number of rotatable bonds is 5. The lowest BCUT2D eigenvalue weighted by Crippen LogP contribution is -2.26. The third-order valence-electron chi connectivity index (χ3n) is 2.23. The molecule has 0 aliphatic rings. The fraction of sp³-hybridized carbons (Fsp3) is 0.455. The Kier molecular flexibility index (Phi) is 5.02. The van der Waals surface area contributed by atoms with Gasteiger partial charge in [0.05, 0.1) is 5.02 Å². The Labute approximate surface area is 94.1 Å². The van der Waals surface area contributed by atoms with Crippen LogP contribution in [0.3, 0.4) is 0 Å². The lowest BCUT2D eigenvalue weighted by atomic mass is 10.2. The first-order valence-corrected chi connectivity index (χ1v) is 5.30. The van der Waals surface area contributed by atoms with E-state index in [2.05, 4.69) is 5.32 Å². The van der Waals surface area contributed by atoms with E-state index in [4.69, 9.17) is 16.7 Å². The first-order chi connectivity index (χ1) is 7.15. The maximum atomic E-state index is 13.4. The molecule has 1 aromatic rings. The van der Waals surface area contributed by atoms with E-state index >= 15 is 0 Å². The minimum atomic E-state index is -0.372. The summed E-state index contributed by atoms with van der Waals surface area (Å²) in [6, 6.07) is 5.10. The van der Waals surface area contributed by atoms with Gasteiger partial charge in [-0.3, -0.25) is 0 Å². The van der Waals surface area contributed by atoms with Crippen LogP contribution >= 0.6 is 11.6 Å². The highest BCUT2D eigenvalue weighted by atomic mass is 35.5.